The summed E-state index contributed by atoms with van der Waals surface area (Å²) in [6, 6.07) is 10.3. The summed E-state index contributed by atoms with van der Waals surface area (Å²) in [6.07, 6.45) is 3.71. The van der Waals surface area contributed by atoms with Crippen LogP contribution in [0.3, 0.4) is 0 Å². The normalized spacial score (nSPS) is 14.0. The fraction of sp³-hybridized carbons (Fsp3) is 0.304. The molecule has 0 unspecified atom stereocenters. The van der Waals surface area contributed by atoms with E-state index < -0.39 is 5.97 Å². The second-order valence-corrected chi connectivity index (χ2v) is 7.80. The van der Waals surface area contributed by atoms with Gasteiger partial charge in [0.2, 0.25) is 5.91 Å². The minimum Gasteiger partial charge on any atom is -0.462 e. The van der Waals surface area contributed by atoms with Crippen LogP contribution in [0.2, 0.25) is 10.0 Å². The number of ether oxygens (including phenoxy) is 2. The smallest absolute Gasteiger partial charge is 0.340 e. The van der Waals surface area contributed by atoms with Crippen LogP contribution in [0.25, 0.3) is 6.08 Å². The maximum Gasteiger partial charge on any atom is 0.340 e. The van der Waals surface area contributed by atoms with E-state index in [4.69, 9.17) is 32.7 Å². The molecule has 0 spiro atoms. The minimum absolute atomic E-state index is 0.336. The lowest BCUT2D eigenvalue weighted by Gasteiger charge is -2.30. The molecule has 1 N–H and O–H groups in total. The monoisotopic (exact) mass is 462 g/mol. The number of rotatable bonds is 7. The maximum absolute atomic E-state index is 12.6. The number of carbonyl (C=O) groups is 2. The quantitative estimate of drug-likeness (QED) is 0.460. The molecule has 1 heterocycles. The standard InChI is InChI=1S/C23H24Cl2N2O4/c1-2-11-31-23(29)19-15-18(6-7-21(19)27-9-12-30-13-10-27)26-22(28)8-4-16-3-5-17(24)14-20(16)25/h3-8,14-15H,2,9-13H2,1H3,(H,26,28). The Morgan fingerprint density at radius 3 is 2.65 bits per heavy atom. The third-order valence-corrected chi connectivity index (χ3v) is 5.21. The Morgan fingerprint density at radius 1 is 1.16 bits per heavy atom. The summed E-state index contributed by atoms with van der Waals surface area (Å²) in [5.74, 6) is -0.763. The number of esters is 1. The molecule has 1 aliphatic rings. The number of anilines is 2. The van der Waals surface area contributed by atoms with E-state index in [0.29, 0.717) is 59.8 Å². The van der Waals surface area contributed by atoms with Gasteiger partial charge < -0.3 is 19.7 Å². The predicted octanol–water partition coefficient (Wildman–Crippen LogP) is 5.05. The molecule has 0 bridgehead atoms. The average molecular weight is 463 g/mol. The van der Waals surface area contributed by atoms with E-state index in [9.17, 15) is 9.59 Å². The molecule has 6 nitrogen and oxygen atoms in total. The molecule has 164 valence electrons. The second kappa shape index (κ2) is 11.2. The van der Waals surface area contributed by atoms with Gasteiger partial charge in [0.25, 0.3) is 0 Å². The predicted molar refractivity (Wildman–Crippen MR) is 124 cm³/mol. The van der Waals surface area contributed by atoms with Gasteiger partial charge in [0.1, 0.15) is 0 Å². The first-order valence-electron chi connectivity index (χ1n) is 10.1. The van der Waals surface area contributed by atoms with E-state index in [1.165, 1.54) is 6.08 Å². The summed E-state index contributed by atoms with van der Waals surface area (Å²) >= 11 is 12.0. The fourth-order valence-corrected chi connectivity index (χ4v) is 3.59. The number of nitrogens with zero attached hydrogens (tertiary/aromatic N) is 1. The molecule has 2 aromatic carbocycles. The Bertz CT molecular complexity index is 972. The molecule has 1 fully saturated rings. The zero-order valence-corrected chi connectivity index (χ0v) is 18.7. The van der Waals surface area contributed by atoms with Crippen LogP contribution in [0.4, 0.5) is 11.4 Å². The summed E-state index contributed by atoms with van der Waals surface area (Å²) in [6.45, 7) is 4.84. The van der Waals surface area contributed by atoms with Crippen molar-refractivity contribution in [3.63, 3.8) is 0 Å². The van der Waals surface area contributed by atoms with Gasteiger partial charge in [0.05, 0.1) is 31.1 Å². The van der Waals surface area contributed by atoms with Crippen molar-refractivity contribution in [1.82, 2.24) is 0 Å². The third-order valence-electron chi connectivity index (χ3n) is 4.65. The maximum atomic E-state index is 12.6. The highest BCUT2D eigenvalue weighted by atomic mass is 35.5. The van der Waals surface area contributed by atoms with Gasteiger partial charge in [0, 0.05) is 34.9 Å². The molecule has 0 aromatic heterocycles. The van der Waals surface area contributed by atoms with Crippen LogP contribution in [0.1, 0.15) is 29.3 Å². The molecule has 0 aliphatic carbocycles. The highest BCUT2D eigenvalue weighted by Crippen LogP contribution is 2.27. The van der Waals surface area contributed by atoms with E-state index in [1.54, 1.807) is 36.4 Å². The third kappa shape index (κ3) is 6.47. The Morgan fingerprint density at radius 2 is 1.94 bits per heavy atom. The SMILES string of the molecule is CCCOC(=O)c1cc(NC(=O)C=Cc2ccc(Cl)cc2Cl)ccc1N1CCOCC1. The number of amides is 1. The summed E-state index contributed by atoms with van der Waals surface area (Å²) in [7, 11) is 0. The Labute approximate surface area is 191 Å². The van der Waals surface area contributed by atoms with Crippen molar-refractivity contribution in [2.45, 2.75) is 13.3 Å². The van der Waals surface area contributed by atoms with Crippen LogP contribution in [0.15, 0.2) is 42.5 Å². The van der Waals surface area contributed by atoms with Gasteiger partial charge in [-0.25, -0.2) is 4.79 Å². The van der Waals surface area contributed by atoms with Crippen molar-refractivity contribution in [3.05, 3.63) is 63.6 Å². The lowest BCUT2D eigenvalue weighted by Crippen LogP contribution is -2.37. The molecule has 0 atom stereocenters. The van der Waals surface area contributed by atoms with Crippen molar-refractivity contribution < 1.29 is 19.1 Å². The van der Waals surface area contributed by atoms with Crippen molar-refractivity contribution in [2.24, 2.45) is 0 Å². The zero-order valence-electron chi connectivity index (χ0n) is 17.2. The summed E-state index contributed by atoms with van der Waals surface area (Å²) in [5, 5.41) is 3.75. The number of morpholine rings is 1. The second-order valence-electron chi connectivity index (χ2n) is 6.96. The molecule has 8 heteroatoms. The molecule has 0 saturated carbocycles. The van der Waals surface area contributed by atoms with E-state index in [2.05, 4.69) is 10.2 Å². The van der Waals surface area contributed by atoms with Crippen LogP contribution in [-0.4, -0.2) is 44.8 Å². The minimum atomic E-state index is -0.414. The molecule has 0 radical (unpaired) electrons. The van der Waals surface area contributed by atoms with Gasteiger partial charge in [-0.15, -0.1) is 0 Å². The lowest BCUT2D eigenvalue weighted by atomic mass is 10.1. The molecule has 31 heavy (non-hydrogen) atoms. The van der Waals surface area contributed by atoms with E-state index in [0.717, 1.165) is 12.1 Å². The summed E-state index contributed by atoms with van der Waals surface area (Å²) in [4.78, 5) is 27.1. The number of halogens is 2. The Balaban J connectivity index is 1.77. The summed E-state index contributed by atoms with van der Waals surface area (Å²) in [5.41, 5.74) is 2.36. The molecular formula is C23H24Cl2N2O4. The first-order valence-corrected chi connectivity index (χ1v) is 10.8. The number of carbonyl (C=O) groups excluding carboxylic acids is 2. The number of nitrogens with one attached hydrogen (secondary N) is 1. The van der Waals surface area contributed by atoms with Gasteiger partial charge in [0.15, 0.2) is 0 Å². The summed E-state index contributed by atoms with van der Waals surface area (Å²) < 4.78 is 10.7. The first-order chi connectivity index (χ1) is 15.0. The van der Waals surface area contributed by atoms with Crippen molar-refractivity contribution >= 4 is 52.5 Å². The van der Waals surface area contributed by atoms with Gasteiger partial charge in [-0.2, -0.15) is 0 Å². The zero-order chi connectivity index (χ0) is 22.2. The fourth-order valence-electron chi connectivity index (χ4n) is 3.12. The van der Waals surface area contributed by atoms with Crippen LogP contribution in [-0.2, 0) is 14.3 Å². The van der Waals surface area contributed by atoms with Gasteiger partial charge in [-0.05, 0) is 48.4 Å². The van der Waals surface area contributed by atoms with Crippen LogP contribution in [0.5, 0.6) is 0 Å². The van der Waals surface area contributed by atoms with Crippen molar-refractivity contribution in [2.75, 3.05) is 43.1 Å². The Hall–Kier alpha value is -2.54. The van der Waals surface area contributed by atoms with Gasteiger partial charge in [-0.1, -0.05) is 36.2 Å². The highest BCUT2D eigenvalue weighted by Gasteiger charge is 2.20. The molecular weight excluding hydrogens is 439 g/mol. The molecule has 3 rings (SSSR count). The van der Waals surface area contributed by atoms with E-state index >= 15 is 0 Å². The Kier molecular flexibility index (Phi) is 8.35. The topological polar surface area (TPSA) is 67.9 Å². The molecule has 1 amide bonds. The molecule has 1 saturated heterocycles. The molecule has 2 aromatic rings. The largest absolute Gasteiger partial charge is 0.462 e. The highest BCUT2D eigenvalue weighted by molar-refractivity contribution is 6.35. The number of hydrogen-bond donors (Lipinski definition) is 1. The lowest BCUT2D eigenvalue weighted by molar-refractivity contribution is -0.111. The van der Waals surface area contributed by atoms with Gasteiger partial charge in [-0.3, -0.25) is 4.79 Å². The number of benzene rings is 2. The first kappa shape index (κ1) is 23.1. The molecule has 1 aliphatic heterocycles. The van der Waals surface area contributed by atoms with Crippen molar-refractivity contribution in [3.8, 4) is 0 Å². The van der Waals surface area contributed by atoms with Crippen molar-refractivity contribution in [1.29, 1.82) is 0 Å². The van der Waals surface area contributed by atoms with E-state index in [-0.39, 0.29) is 5.91 Å². The van der Waals surface area contributed by atoms with E-state index in [1.807, 2.05) is 13.0 Å². The average Bonchev–Trinajstić information content (AvgIpc) is 2.77. The number of hydrogen-bond acceptors (Lipinski definition) is 5. The van der Waals surface area contributed by atoms with Crippen LogP contribution in [0, 0.1) is 0 Å². The van der Waals surface area contributed by atoms with Gasteiger partial charge >= 0.3 is 5.97 Å². The van der Waals surface area contributed by atoms with Crippen LogP contribution >= 0.6 is 23.2 Å². The van der Waals surface area contributed by atoms with Crippen LogP contribution < -0.4 is 10.2 Å².